The third kappa shape index (κ3) is 2.57. The maximum Gasteiger partial charge on any atom is 0.258 e. The lowest BCUT2D eigenvalue weighted by atomic mass is 10.1. The van der Waals surface area contributed by atoms with E-state index in [1.54, 1.807) is 23.0 Å². The topological polar surface area (TPSA) is 59.8 Å². The Morgan fingerprint density at radius 2 is 2.10 bits per heavy atom. The van der Waals surface area contributed by atoms with Crippen LogP contribution in [0.25, 0.3) is 0 Å². The minimum Gasteiger partial charge on any atom is -0.306 e. The number of aryl methyl sites for hydroxylation is 3. The van der Waals surface area contributed by atoms with Gasteiger partial charge >= 0.3 is 0 Å². The Labute approximate surface area is 119 Å². The maximum atomic E-state index is 12.4. The molecule has 0 atom stereocenters. The summed E-state index contributed by atoms with van der Waals surface area (Å²) in [6.45, 7) is 5.97. The third-order valence-corrected chi connectivity index (χ3v) is 3.40. The number of nitrogens with zero attached hydrogens (tertiary/aromatic N) is 3. The minimum atomic E-state index is -0.143. The van der Waals surface area contributed by atoms with E-state index in [1.807, 2.05) is 14.0 Å². The van der Waals surface area contributed by atoms with E-state index in [2.05, 4.69) is 29.2 Å². The summed E-state index contributed by atoms with van der Waals surface area (Å²) in [6.07, 6.45) is 3.39. The molecule has 5 nitrogen and oxygen atoms in total. The lowest BCUT2D eigenvalue weighted by Gasteiger charge is -2.09. The van der Waals surface area contributed by atoms with E-state index in [4.69, 9.17) is 0 Å². The van der Waals surface area contributed by atoms with Gasteiger partial charge in [-0.25, -0.2) is 0 Å². The van der Waals surface area contributed by atoms with E-state index in [-0.39, 0.29) is 5.91 Å². The maximum absolute atomic E-state index is 12.4. The predicted molar refractivity (Wildman–Crippen MR) is 78.9 cm³/mol. The minimum absolute atomic E-state index is 0.143. The largest absolute Gasteiger partial charge is 0.306 e. The molecule has 0 aromatic carbocycles. The molecule has 0 bridgehead atoms. The molecule has 2 rings (SSSR count). The molecule has 0 radical (unpaired) electrons. The molecule has 20 heavy (non-hydrogen) atoms. The Kier molecular flexibility index (Phi) is 4.17. The highest BCUT2D eigenvalue weighted by Gasteiger charge is 2.17. The van der Waals surface area contributed by atoms with Gasteiger partial charge in [-0.1, -0.05) is 13.8 Å². The summed E-state index contributed by atoms with van der Waals surface area (Å²) in [7, 11) is 1.85. The number of anilines is 1. The second-order valence-corrected chi connectivity index (χ2v) is 4.70. The standard InChI is InChI=1S/C15H20N4O/c1-5-11-13(6-2)18-19(4)14(11)17-15(20)12-8-7-9-16-10(12)3/h7-9H,5-6H2,1-4H3,(H,17,20). The zero-order chi connectivity index (χ0) is 14.7. The van der Waals surface area contributed by atoms with Crippen molar-refractivity contribution in [2.45, 2.75) is 33.6 Å². The summed E-state index contributed by atoms with van der Waals surface area (Å²) in [6, 6.07) is 3.55. The molecule has 5 heteroatoms. The zero-order valence-electron chi connectivity index (χ0n) is 12.4. The number of aromatic nitrogens is 3. The highest BCUT2D eigenvalue weighted by molar-refractivity contribution is 6.04. The number of nitrogens with one attached hydrogen (secondary N) is 1. The van der Waals surface area contributed by atoms with Gasteiger partial charge < -0.3 is 5.32 Å². The fourth-order valence-electron chi connectivity index (χ4n) is 2.33. The van der Waals surface area contributed by atoms with Gasteiger partial charge in [-0.2, -0.15) is 5.10 Å². The van der Waals surface area contributed by atoms with Crippen LogP contribution in [0.1, 0.15) is 41.2 Å². The van der Waals surface area contributed by atoms with Crippen LogP contribution in [0.3, 0.4) is 0 Å². The van der Waals surface area contributed by atoms with E-state index < -0.39 is 0 Å². The Morgan fingerprint density at radius 3 is 2.70 bits per heavy atom. The number of pyridine rings is 1. The molecular formula is C15H20N4O. The summed E-state index contributed by atoms with van der Waals surface area (Å²) < 4.78 is 1.74. The molecule has 0 aliphatic carbocycles. The fraction of sp³-hybridized carbons (Fsp3) is 0.400. The van der Waals surface area contributed by atoms with E-state index in [0.717, 1.165) is 35.6 Å². The summed E-state index contributed by atoms with van der Waals surface area (Å²) >= 11 is 0. The van der Waals surface area contributed by atoms with Gasteiger partial charge in [0.05, 0.1) is 11.3 Å². The Bertz CT molecular complexity index is 631. The number of hydrogen-bond donors (Lipinski definition) is 1. The van der Waals surface area contributed by atoms with Crippen molar-refractivity contribution in [2.75, 3.05) is 5.32 Å². The molecule has 0 aliphatic rings. The predicted octanol–water partition coefficient (Wildman–Crippen LogP) is 2.50. The quantitative estimate of drug-likeness (QED) is 0.930. The summed E-state index contributed by atoms with van der Waals surface area (Å²) in [5, 5.41) is 7.42. The lowest BCUT2D eigenvalue weighted by Crippen LogP contribution is -2.17. The van der Waals surface area contributed by atoms with Gasteiger partial charge in [0, 0.05) is 24.5 Å². The van der Waals surface area contributed by atoms with Gasteiger partial charge in [0.1, 0.15) is 5.82 Å². The van der Waals surface area contributed by atoms with Crippen molar-refractivity contribution >= 4 is 11.7 Å². The fourth-order valence-corrected chi connectivity index (χ4v) is 2.33. The molecular weight excluding hydrogens is 252 g/mol. The first-order valence-electron chi connectivity index (χ1n) is 6.86. The molecule has 0 fully saturated rings. The number of carbonyl (C=O) groups excluding carboxylic acids is 1. The first-order valence-corrected chi connectivity index (χ1v) is 6.86. The zero-order valence-corrected chi connectivity index (χ0v) is 12.4. The van der Waals surface area contributed by atoms with Crippen molar-refractivity contribution in [3.05, 3.63) is 40.8 Å². The molecule has 0 aliphatic heterocycles. The number of carbonyl (C=O) groups is 1. The summed E-state index contributed by atoms with van der Waals surface area (Å²) in [5.74, 6) is 0.633. The van der Waals surface area contributed by atoms with Crippen LogP contribution in [0.4, 0.5) is 5.82 Å². The highest BCUT2D eigenvalue weighted by atomic mass is 16.1. The first kappa shape index (κ1) is 14.2. The van der Waals surface area contributed by atoms with Crippen molar-refractivity contribution in [3.63, 3.8) is 0 Å². The van der Waals surface area contributed by atoms with Gasteiger partial charge in [0.25, 0.3) is 5.91 Å². The Morgan fingerprint density at radius 1 is 1.35 bits per heavy atom. The molecule has 1 amide bonds. The smallest absolute Gasteiger partial charge is 0.258 e. The van der Waals surface area contributed by atoms with Gasteiger partial charge in [-0.15, -0.1) is 0 Å². The van der Waals surface area contributed by atoms with Gasteiger partial charge in [-0.05, 0) is 31.9 Å². The normalized spacial score (nSPS) is 10.6. The lowest BCUT2D eigenvalue weighted by molar-refractivity contribution is 0.102. The van der Waals surface area contributed by atoms with Crippen LogP contribution in [-0.4, -0.2) is 20.7 Å². The van der Waals surface area contributed by atoms with Crippen molar-refractivity contribution in [1.82, 2.24) is 14.8 Å². The van der Waals surface area contributed by atoms with Crippen LogP contribution < -0.4 is 5.32 Å². The molecule has 0 unspecified atom stereocenters. The monoisotopic (exact) mass is 272 g/mol. The van der Waals surface area contributed by atoms with E-state index >= 15 is 0 Å². The first-order chi connectivity index (χ1) is 9.58. The Balaban J connectivity index is 2.33. The SMILES string of the molecule is CCc1nn(C)c(NC(=O)c2cccnc2C)c1CC. The number of hydrogen-bond acceptors (Lipinski definition) is 3. The summed E-state index contributed by atoms with van der Waals surface area (Å²) in [5.41, 5.74) is 3.45. The van der Waals surface area contributed by atoms with E-state index in [0.29, 0.717) is 5.56 Å². The average molecular weight is 272 g/mol. The van der Waals surface area contributed by atoms with E-state index in [9.17, 15) is 4.79 Å². The van der Waals surface area contributed by atoms with Crippen LogP contribution in [-0.2, 0) is 19.9 Å². The van der Waals surface area contributed by atoms with Crippen molar-refractivity contribution in [3.8, 4) is 0 Å². The van der Waals surface area contributed by atoms with E-state index in [1.165, 1.54) is 0 Å². The third-order valence-electron chi connectivity index (χ3n) is 3.40. The second kappa shape index (κ2) is 5.86. The Hall–Kier alpha value is -2.17. The molecule has 2 aromatic heterocycles. The van der Waals surface area contributed by atoms with Crippen LogP contribution in [0, 0.1) is 6.92 Å². The second-order valence-electron chi connectivity index (χ2n) is 4.70. The van der Waals surface area contributed by atoms with Gasteiger partial charge in [-0.3, -0.25) is 14.5 Å². The van der Waals surface area contributed by atoms with Gasteiger partial charge in [0.2, 0.25) is 0 Å². The van der Waals surface area contributed by atoms with Crippen LogP contribution in [0.2, 0.25) is 0 Å². The van der Waals surface area contributed by atoms with Crippen molar-refractivity contribution < 1.29 is 4.79 Å². The molecule has 0 saturated heterocycles. The summed E-state index contributed by atoms with van der Waals surface area (Å²) in [4.78, 5) is 16.5. The highest BCUT2D eigenvalue weighted by Crippen LogP contribution is 2.21. The van der Waals surface area contributed by atoms with Crippen LogP contribution in [0.5, 0.6) is 0 Å². The van der Waals surface area contributed by atoms with Crippen LogP contribution in [0.15, 0.2) is 18.3 Å². The molecule has 2 aromatic rings. The van der Waals surface area contributed by atoms with Crippen LogP contribution >= 0.6 is 0 Å². The van der Waals surface area contributed by atoms with Gasteiger partial charge in [0.15, 0.2) is 0 Å². The average Bonchev–Trinajstić information content (AvgIpc) is 2.75. The molecule has 0 saturated carbocycles. The molecule has 0 spiro atoms. The number of amides is 1. The molecule has 2 heterocycles. The molecule has 1 N–H and O–H groups in total. The number of rotatable bonds is 4. The van der Waals surface area contributed by atoms with Crippen molar-refractivity contribution in [1.29, 1.82) is 0 Å². The molecule has 106 valence electrons. The van der Waals surface area contributed by atoms with Crippen molar-refractivity contribution in [2.24, 2.45) is 7.05 Å².